The molecular formula is C17H24N2O2. The lowest BCUT2D eigenvalue weighted by Gasteiger charge is -2.36. The second-order valence-corrected chi connectivity index (χ2v) is 6.02. The van der Waals surface area contributed by atoms with Crippen LogP contribution >= 0.6 is 0 Å². The quantitative estimate of drug-likeness (QED) is 0.813. The zero-order valence-corrected chi connectivity index (χ0v) is 12.9. The number of anilines is 1. The van der Waals surface area contributed by atoms with Crippen LogP contribution in [0.4, 0.5) is 5.69 Å². The highest BCUT2D eigenvalue weighted by Gasteiger charge is 2.52. The highest BCUT2D eigenvalue weighted by atomic mass is 16.5. The van der Waals surface area contributed by atoms with Gasteiger partial charge in [-0.15, -0.1) is 0 Å². The maximum absolute atomic E-state index is 12.6. The van der Waals surface area contributed by atoms with E-state index in [9.17, 15) is 4.79 Å². The number of ether oxygens (including phenoxy) is 1. The molecule has 0 radical (unpaired) electrons. The number of hydrogen-bond donors (Lipinski definition) is 1. The minimum Gasteiger partial charge on any atom is -0.465 e. The summed E-state index contributed by atoms with van der Waals surface area (Å²) in [6.07, 6.45) is 3.27. The molecule has 0 bridgehead atoms. The molecule has 1 fully saturated rings. The van der Waals surface area contributed by atoms with Gasteiger partial charge in [-0.1, -0.05) is 18.2 Å². The summed E-state index contributed by atoms with van der Waals surface area (Å²) in [4.78, 5) is 14.9. The van der Waals surface area contributed by atoms with E-state index in [0.29, 0.717) is 19.1 Å². The number of benzene rings is 1. The Bertz CT molecular complexity index is 527. The van der Waals surface area contributed by atoms with Crippen molar-refractivity contribution in [2.24, 2.45) is 5.92 Å². The Balaban J connectivity index is 1.84. The minimum atomic E-state index is -0.562. The van der Waals surface area contributed by atoms with Crippen molar-refractivity contribution in [3.63, 3.8) is 0 Å². The molecule has 4 nitrogen and oxygen atoms in total. The van der Waals surface area contributed by atoms with E-state index in [4.69, 9.17) is 4.74 Å². The Morgan fingerprint density at radius 2 is 2.19 bits per heavy atom. The molecule has 1 atom stereocenters. The van der Waals surface area contributed by atoms with Crippen LogP contribution in [0.1, 0.15) is 25.3 Å². The van der Waals surface area contributed by atoms with Gasteiger partial charge in [0.05, 0.1) is 6.61 Å². The van der Waals surface area contributed by atoms with E-state index in [1.807, 2.05) is 14.0 Å². The van der Waals surface area contributed by atoms with Crippen molar-refractivity contribution in [2.45, 2.75) is 31.7 Å². The molecule has 1 aliphatic heterocycles. The third kappa shape index (κ3) is 2.53. The summed E-state index contributed by atoms with van der Waals surface area (Å²) in [7, 11) is 1.89. The fourth-order valence-electron chi connectivity index (χ4n) is 3.45. The van der Waals surface area contributed by atoms with Crippen molar-refractivity contribution < 1.29 is 9.53 Å². The van der Waals surface area contributed by atoms with Crippen LogP contribution in [0.3, 0.4) is 0 Å². The van der Waals surface area contributed by atoms with Crippen molar-refractivity contribution in [1.82, 2.24) is 5.32 Å². The van der Waals surface area contributed by atoms with Gasteiger partial charge >= 0.3 is 5.97 Å². The van der Waals surface area contributed by atoms with Gasteiger partial charge in [0.1, 0.15) is 5.54 Å². The van der Waals surface area contributed by atoms with Gasteiger partial charge < -0.3 is 15.0 Å². The third-order valence-corrected chi connectivity index (χ3v) is 4.78. The molecule has 1 unspecified atom stereocenters. The topological polar surface area (TPSA) is 41.6 Å². The first kappa shape index (κ1) is 14.4. The van der Waals surface area contributed by atoms with Gasteiger partial charge in [0.25, 0.3) is 0 Å². The largest absolute Gasteiger partial charge is 0.465 e. The van der Waals surface area contributed by atoms with Crippen LogP contribution in [-0.4, -0.2) is 38.3 Å². The zero-order valence-electron chi connectivity index (χ0n) is 12.9. The molecule has 2 aliphatic rings. The first-order valence-electron chi connectivity index (χ1n) is 7.90. The number of hydrogen-bond acceptors (Lipinski definition) is 4. The molecule has 1 aromatic rings. The fourth-order valence-corrected chi connectivity index (χ4v) is 3.45. The zero-order chi connectivity index (χ0) is 14.9. The number of carbonyl (C=O) groups excluding carboxylic acids is 1. The van der Waals surface area contributed by atoms with Gasteiger partial charge in [0.15, 0.2) is 0 Å². The Morgan fingerprint density at radius 3 is 2.86 bits per heavy atom. The molecule has 1 aromatic carbocycles. The first-order chi connectivity index (χ1) is 10.2. The summed E-state index contributed by atoms with van der Waals surface area (Å²) in [6, 6.07) is 8.48. The summed E-state index contributed by atoms with van der Waals surface area (Å²) in [6.45, 7) is 3.99. The van der Waals surface area contributed by atoms with Crippen LogP contribution in [0.15, 0.2) is 24.3 Å². The SMILES string of the molecule is CCOC(=O)C(CN1CCc2ccccc21)(NC)C1CC1. The van der Waals surface area contributed by atoms with Gasteiger partial charge in [0, 0.05) is 18.8 Å². The van der Waals surface area contributed by atoms with Gasteiger partial charge in [-0.3, -0.25) is 0 Å². The van der Waals surface area contributed by atoms with Gasteiger partial charge in [-0.05, 0) is 50.8 Å². The van der Waals surface area contributed by atoms with Crippen molar-refractivity contribution >= 4 is 11.7 Å². The standard InChI is InChI=1S/C17H24N2O2/c1-3-21-16(20)17(18-2,14-8-9-14)12-19-11-10-13-6-4-5-7-15(13)19/h4-7,14,18H,3,8-12H2,1-2H3. The summed E-state index contributed by atoms with van der Waals surface area (Å²) in [5, 5.41) is 3.30. The number of carbonyl (C=O) groups is 1. The van der Waals surface area contributed by atoms with Gasteiger partial charge in [-0.25, -0.2) is 4.79 Å². The second kappa shape index (κ2) is 5.68. The highest BCUT2D eigenvalue weighted by Crippen LogP contribution is 2.42. The summed E-state index contributed by atoms with van der Waals surface area (Å²) in [5.41, 5.74) is 2.08. The predicted molar refractivity (Wildman–Crippen MR) is 83.5 cm³/mol. The molecule has 1 saturated carbocycles. The minimum absolute atomic E-state index is 0.0978. The van der Waals surface area contributed by atoms with E-state index in [-0.39, 0.29) is 5.97 Å². The van der Waals surface area contributed by atoms with E-state index >= 15 is 0 Å². The Hall–Kier alpha value is -1.55. The van der Waals surface area contributed by atoms with Crippen molar-refractivity contribution in [3.8, 4) is 0 Å². The van der Waals surface area contributed by atoms with Crippen LogP contribution in [0.5, 0.6) is 0 Å². The highest BCUT2D eigenvalue weighted by molar-refractivity contribution is 5.83. The first-order valence-corrected chi connectivity index (χ1v) is 7.90. The summed E-state index contributed by atoms with van der Waals surface area (Å²) in [5.74, 6) is 0.300. The Morgan fingerprint density at radius 1 is 1.43 bits per heavy atom. The average Bonchev–Trinajstić information content (AvgIpc) is 3.28. The smallest absolute Gasteiger partial charge is 0.328 e. The number of para-hydroxylation sites is 1. The Labute approximate surface area is 126 Å². The predicted octanol–water partition coefficient (Wildman–Crippen LogP) is 1.98. The van der Waals surface area contributed by atoms with Crippen LogP contribution in [0, 0.1) is 5.92 Å². The van der Waals surface area contributed by atoms with E-state index in [1.165, 1.54) is 11.3 Å². The fraction of sp³-hybridized carbons (Fsp3) is 0.588. The van der Waals surface area contributed by atoms with Crippen molar-refractivity contribution in [1.29, 1.82) is 0 Å². The van der Waals surface area contributed by atoms with E-state index in [1.54, 1.807) is 0 Å². The lowest BCUT2D eigenvalue weighted by molar-refractivity contribution is -0.151. The van der Waals surface area contributed by atoms with Crippen LogP contribution in [0.2, 0.25) is 0 Å². The number of esters is 1. The molecular weight excluding hydrogens is 264 g/mol. The lowest BCUT2D eigenvalue weighted by Crippen LogP contribution is -2.60. The average molecular weight is 288 g/mol. The number of nitrogens with one attached hydrogen (secondary N) is 1. The van der Waals surface area contributed by atoms with Crippen LogP contribution in [0.25, 0.3) is 0 Å². The summed E-state index contributed by atoms with van der Waals surface area (Å²) < 4.78 is 5.37. The second-order valence-electron chi connectivity index (χ2n) is 6.02. The maximum Gasteiger partial charge on any atom is 0.328 e. The molecule has 0 amide bonds. The summed E-state index contributed by atoms with van der Waals surface area (Å²) >= 11 is 0. The maximum atomic E-state index is 12.6. The molecule has 4 heteroatoms. The molecule has 3 rings (SSSR count). The van der Waals surface area contributed by atoms with Crippen LogP contribution < -0.4 is 10.2 Å². The molecule has 1 N–H and O–H groups in total. The molecule has 21 heavy (non-hydrogen) atoms. The van der Waals surface area contributed by atoms with Crippen molar-refractivity contribution in [2.75, 3.05) is 31.6 Å². The number of fused-ring (bicyclic) bond motifs is 1. The molecule has 0 spiro atoms. The molecule has 1 heterocycles. The van der Waals surface area contributed by atoms with E-state index in [0.717, 1.165) is 25.8 Å². The van der Waals surface area contributed by atoms with Crippen LogP contribution in [-0.2, 0) is 16.0 Å². The van der Waals surface area contributed by atoms with Gasteiger partial charge in [0.2, 0.25) is 0 Å². The normalized spacial score (nSPS) is 20.0. The number of likely N-dealkylation sites (N-methyl/N-ethyl adjacent to an activating group) is 1. The molecule has 0 aromatic heterocycles. The van der Waals surface area contributed by atoms with E-state index in [2.05, 4.69) is 34.5 Å². The monoisotopic (exact) mass is 288 g/mol. The number of nitrogens with zero attached hydrogens (tertiary/aromatic N) is 1. The Kier molecular flexibility index (Phi) is 3.89. The van der Waals surface area contributed by atoms with E-state index < -0.39 is 5.54 Å². The number of rotatable bonds is 6. The third-order valence-electron chi connectivity index (χ3n) is 4.78. The van der Waals surface area contributed by atoms with Gasteiger partial charge in [-0.2, -0.15) is 0 Å². The van der Waals surface area contributed by atoms with Crippen molar-refractivity contribution in [3.05, 3.63) is 29.8 Å². The lowest BCUT2D eigenvalue weighted by atomic mass is 9.92. The molecule has 1 aliphatic carbocycles. The molecule has 114 valence electrons. The molecule has 0 saturated heterocycles.